The predicted molar refractivity (Wildman–Crippen MR) is 82.2 cm³/mol. The monoisotopic (exact) mass is 288 g/mol. The van der Waals surface area contributed by atoms with Crippen molar-refractivity contribution in [1.29, 1.82) is 0 Å². The van der Waals surface area contributed by atoms with Crippen molar-refractivity contribution in [3.8, 4) is 0 Å². The van der Waals surface area contributed by atoms with Crippen LogP contribution in [0.5, 0.6) is 0 Å². The molecule has 1 fully saturated rings. The van der Waals surface area contributed by atoms with E-state index in [1.165, 1.54) is 11.1 Å². The first-order valence-electron chi connectivity index (χ1n) is 8.04. The van der Waals surface area contributed by atoms with Gasteiger partial charge in [-0.1, -0.05) is 6.07 Å². The summed E-state index contributed by atoms with van der Waals surface area (Å²) in [5, 5.41) is 12.4. The van der Waals surface area contributed by atoms with E-state index in [0.29, 0.717) is 6.04 Å². The molecular formula is C17H24N2O2. The van der Waals surface area contributed by atoms with Crippen molar-refractivity contribution < 1.29 is 9.90 Å². The van der Waals surface area contributed by atoms with Gasteiger partial charge in [0.05, 0.1) is 0 Å². The minimum Gasteiger partial charge on any atom is -0.396 e. The van der Waals surface area contributed by atoms with Crippen molar-refractivity contribution >= 4 is 5.91 Å². The first-order chi connectivity index (χ1) is 10.3. The topological polar surface area (TPSA) is 52.6 Å². The molecule has 3 rings (SSSR count). The first-order valence-corrected chi connectivity index (χ1v) is 8.04. The predicted octanol–water partition coefficient (Wildman–Crippen LogP) is 1.71. The molecule has 1 aromatic carbocycles. The number of hydrogen-bond donors (Lipinski definition) is 2. The number of rotatable bonds is 4. The third-order valence-corrected chi connectivity index (χ3v) is 4.67. The fourth-order valence-electron chi connectivity index (χ4n) is 3.51. The molecule has 1 saturated heterocycles. The first kappa shape index (κ1) is 14.5. The van der Waals surface area contributed by atoms with Crippen LogP contribution in [-0.2, 0) is 13.0 Å². The van der Waals surface area contributed by atoms with Gasteiger partial charge < -0.3 is 15.3 Å². The third-order valence-electron chi connectivity index (χ3n) is 4.67. The molecule has 1 atom stereocenters. The highest BCUT2D eigenvalue weighted by Crippen LogP contribution is 2.25. The second kappa shape index (κ2) is 6.58. The summed E-state index contributed by atoms with van der Waals surface area (Å²) in [6, 6.07) is 6.46. The van der Waals surface area contributed by atoms with Crippen molar-refractivity contribution in [2.75, 3.05) is 19.7 Å². The van der Waals surface area contributed by atoms with Crippen molar-refractivity contribution in [2.24, 2.45) is 0 Å². The fourth-order valence-corrected chi connectivity index (χ4v) is 3.51. The average molecular weight is 288 g/mol. The van der Waals surface area contributed by atoms with Crippen LogP contribution in [0.4, 0.5) is 0 Å². The van der Waals surface area contributed by atoms with Crippen LogP contribution in [0.2, 0.25) is 0 Å². The zero-order valence-electron chi connectivity index (χ0n) is 12.5. The van der Waals surface area contributed by atoms with E-state index in [2.05, 4.69) is 17.4 Å². The standard InChI is InChI=1S/C17H24N2O2/c20-10-2-4-16-3-1-9-19(16)17(21)14-6-5-13-7-8-18-12-15(13)11-14/h5-6,11,16,18,20H,1-4,7-10,12H2. The molecule has 1 unspecified atom stereocenters. The average Bonchev–Trinajstić information content (AvgIpc) is 3.00. The maximum absolute atomic E-state index is 12.7. The van der Waals surface area contributed by atoms with Gasteiger partial charge in [0.15, 0.2) is 0 Å². The Bertz CT molecular complexity index is 516. The van der Waals surface area contributed by atoms with E-state index in [4.69, 9.17) is 5.11 Å². The molecule has 4 nitrogen and oxygen atoms in total. The number of aliphatic hydroxyl groups is 1. The Morgan fingerprint density at radius 3 is 3.14 bits per heavy atom. The van der Waals surface area contributed by atoms with Crippen LogP contribution in [0.3, 0.4) is 0 Å². The number of benzene rings is 1. The highest BCUT2D eigenvalue weighted by Gasteiger charge is 2.29. The molecule has 2 aliphatic heterocycles. The summed E-state index contributed by atoms with van der Waals surface area (Å²) in [7, 11) is 0. The highest BCUT2D eigenvalue weighted by molar-refractivity contribution is 5.95. The maximum atomic E-state index is 12.7. The number of hydrogen-bond acceptors (Lipinski definition) is 3. The summed E-state index contributed by atoms with van der Waals surface area (Å²) in [6.45, 7) is 2.95. The van der Waals surface area contributed by atoms with E-state index in [-0.39, 0.29) is 12.5 Å². The lowest BCUT2D eigenvalue weighted by molar-refractivity contribution is 0.0724. The van der Waals surface area contributed by atoms with E-state index in [0.717, 1.165) is 57.3 Å². The number of likely N-dealkylation sites (tertiary alicyclic amines) is 1. The zero-order valence-corrected chi connectivity index (χ0v) is 12.5. The van der Waals surface area contributed by atoms with E-state index in [1.807, 2.05) is 11.0 Å². The van der Waals surface area contributed by atoms with Gasteiger partial charge >= 0.3 is 0 Å². The number of amides is 1. The van der Waals surface area contributed by atoms with Crippen LogP contribution in [0.1, 0.15) is 47.2 Å². The minimum absolute atomic E-state index is 0.156. The van der Waals surface area contributed by atoms with Gasteiger partial charge in [-0.15, -0.1) is 0 Å². The van der Waals surface area contributed by atoms with Crippen LogP contribution in [0, 0.1) is 0 Å². The minimum atomic E-state index is 0.156. The molecule has 1 aromatic rings. The van der Waals surface area contributed by atoms with Gasteiger partial charge in [-0.25, -0.2) is 0 Å². The smallest absolute Gasteiger partial charge is 0.254 e. The number of fused-ring (bicyclic) bond motifs is 1. The molecule has 0 saturated carbocycles. The van der Waals surface area contributed by atoms with E-state index in [9.17, 15) is 4.79 Å². The number of nitrogens with one attached hydrogen (secondary N) is 1. The Morgan fingerprint density at radius 2 is 2.29 bits per heavy atom. The van der Waals surface area contributed by atoms with E-state index in [1.54, 1.807) is 0 Å². The van der Waals surface area contributed by atoms with Crippen molar-refractivity contribution in [1.82, 2.24) is 10.2 Å². The Morgan fingerprint density at radius 1 is 1.38 bits per heavy atom. The van der Waals surface area contributed by atoms with Gasteiger partial charge in [0.25, 0.3) is 5.91 Å². The molecular weight excluding hydrogens is 264 g/mol. The third kappa shape index (κ3) is 3.11. The molecule has 0 aromatic heterocycles. The lowest BCUT2D eigenvalue weighted by Crippen LogP contribution is -2.36. The summed E-state index contributed by atoms with van der Waals surface area (Å²) in [6.07, 6.45) is 4.89. The molecule has 2 heterocycles. The van der Waals surface area contributed by atoms with Crippen LogP contribution in [0.25, 0.3) is 0 Å². The number of carbonyl (C=O) groups is 1. The maximum Gasteiger partial charge on any atom is 0.254 e. The molecule has 0 spiro atoms. The molecule has 114 valence electrons. The van der Waals surface area contributed by atoms with Crippen LogP contribution in [0.15, 0.2) is 18.2 Å². The highest BCUT2D eigenvalue weighted by atomic mass is 16.3. The summed E-state index contributed by atoms with van der Waals surface area (Å²) >= 11 is 0. The van der Waals surface area contributed by atoms with Crippen molar-refractivity contribution in [3.05, 3.63) is 34.9 Å². The molecule has 2 aliphatic rings. The van der Waals surface area contributed by atoms with Crippen LogP contribution < -0.4 is 5.32 Å². The molecule has 4 heteroatoms. The second-order valence-electron chi connectivity index (χ2n) is 6.07. The summed E-state index contributed by atoms with van der Waals surface area (Å²) in [5.41, 5.74) is 3.44. The molecule has 1 amide bonds. The Hall–Kier alpha value is -1.39. The number of nitrogens with zero attached hydrogens (tertiary/aromatic N) is 1. The normalized spacial score (nSPS) is 21.4. The lowest BCUT2D eigenvalue weighted by atomic mass is 9.98. The summed E-state index contributed by atoms with van der Waals surface area (Å²) in [4.78, 5) is 14.8. The molecule has 0 aliphatic carbocycles. The van der Waals surface area contributed by atoms with Gasteiger partial charge in [0.1, 0.15) is 0 Å². The number of aliphatic hydroxyl groups excluding tert-OH is 1. The van der Waals surface area contributed by atoms with Gasteiger partial charge in [-0.3, -0.25) is 4.79 Å². The van der Waals surface area contributed by atoms with Gasteiger partial charge in [-0.2, -0.15) is 0 Å². The van der Waals surface area contributed by atoms with Crippen molar-refractivity contribution in [2.45, 2.75) is 44.7 Å². The molecule has 2 N–H and O–H groups in total. The molecule has 0 radical (unpaired) electrons. The fraction of sp³-hybridized carbons (Fsp3) is 0.588. The van der Waals surface area contributed by atoms with Crippen LogP contribution in [-0.4, -0.2) is 41.7 Å². The Labute approximate surface area is 126 Å². The zero-order chi connectivity index (χ0) is 14.7. The van der Waals surface area contributed by atoms with Crippen molar-refractivity contribution in [3.63, 3.8) is 0 Å². The second-order valence-corrected chi connectivity index (χ2v) is 6.07. The van der Waals surface area contributed by atoms with E-state index < -0.39 is 0 Å². The lowest BCUT2D eigenvalue weighted by Gasteiger charge is -2.25. The summed E-state index contributed by atoms with van der Waals surface area (Å²) in [5.74, 6) is 0.156. The Kier molecular flexibility index (Phi) is 4.56. The quantitative estimate of drug-likeness (QED) is 0.887. The number of carbonyl (C=O) groups excluding carboxylic acids is 1. The van der Waals surface area contributed by atoms with Gasteiger partial charge in [-0.05, 0) is 61.9 Å². The molecule has 0 bridgehead atoms. The van der Waals surface area contributed by atoms with Crippen LogP contribution >= 0.6 is 0 Å². The SMILES string of the molecule is O=C(c1ccc2c(c1)CNCC2)N1CCCC1CCCO. The summed E-state index contributed by atoms with van der Waals surface area (Å²) < 4.78 is 0. The molecule has 21 heavy (non-hydrogen) atoms. The Balaban J connectivity index is 1.75. The largest absolute Gasteiger partial charge is 0.396 e. The van der Waals surface area contributed by atoms with Gasteiger partial charge in [0, 0.05) is 31.3 Å². The van der Waals surface area contributed by atoms with E-state index >= 15 is 0 Å². The van der Waals surface area contributed by atoms with Gasteiger partial charge in [0.2, 0.25) is 0 Å².